The Morgan fingerprint density at radius 3 is 2.78 bits per heavy atom. The van der Waals surface area contributed by atoms with Crippen molar-refractivity contribution in [3.8, 4) is 0 Å². The normalized spacial score (nSPS) is 22.3. The minimum absolute atomic E-state index is 0.352. The quantitative estimate of drug-likeness (QED) is 0.880. The third kappa shape index (κ3) is 2.32. The van der Waals surface area contributed by atoms with Crippen molar-refractivity contribution in [2.75, 3.05) is 19.8 Å². The molecule has 1 saturated heterocycles. The number of fused-ring (bicyclic) bond motifs is 1. The molecule has 1 heterocycles. The number of hydrogen-bond acceptors (Lipinski definition) is 2. The van der Waals surface area contributed by atoms with Crippen LogP contribution in [0.4, 0.5) is 0 Å². The van der Waals surface area contributed by atoms with Gasteiger partial charge in [0.1, 0.15) is 0 Å². The third-order valence-corrected chi connectivity index (χ3v) is 4.36. The zero-order chi connectivity index (χ0) is 12.6. The van der Waals surface area contributed by atoms with Gasteiger partial charge in [0.25, 0.3) is 0 Å². The number of benzene rings is 1. The molecule has 0 amide bonds. The lowest BCUT2D eigenvalue weighted by Gasteiger charge is -2.39. The molecule has 0 saturated carbocycles. The van der Waals surface area contributed by atoms with E-state index in [1.165, 1.54) is 24.8 Å². The molecule has 2 aliphatic rings. The Hall–Kier alpha value is -0.860. The molecule has 0 radical (unpaired) electrons. The van der Waals surface area contributed by atoms with Gasteiger partial charge in [-0.05, 0) is 42.9 Å². The average molecular weight is 245 g/mol. The Labute approximate surface area is 110 Å². The van der Waals surface area contributed by atoms with Crippen LogP contribution < -0.4 is 5.32 Å². The highest BCUT2D eigenvalue weighted by Crippen LogP contribution is 2.28. The van der Waals surface area contributed by atoms with Crippen molar-refractivity contribution in [3.63, 3.8) is 0 Å². The lowest BCUT2D eigenvalue weighted by molar-refractivity contribution is -0.0999. The molecule has 1 unspecified atom stereocenters. The lowest BCUT2D eigenvalue weighted by atomic mass is 9.88. The van der Waals surface area contributed by atoms with E-state index in [-0.39, 0.29) is 0 Å². The summed E-state index contributed by atoms with van der Waals surface area (Å²) >= 11 is 0. The smallest absolute Gasteiger partial charge is 0.0554 e. The molecule has 0 spiro atoms. The van der Waals surface area contributed by atoms with Crippen molar-refractivity contribution in [2.45, 2.75) is 39.2 Å². The number of hydrogen-bond donors (Lipinski definition) is 1. The molecule has 98 valence electrons. The van der Waals surface area contributed by atoms with E-state index in [0.717, 1.165) is 19.8 Å². The van der Waals surface area contributed by atoms with Crippen LogP contribution in [0, 0.1) is 5.41 Å². The van der Waals surface area contributed by atoms with Crippen LogP contribution in [-0.2, 0) is 17.6 Å². The summed E-state index contributed by atoms with van der Waals surface area (Å²) in [6.07, 6.45) is 3.87. The summed E-state index contributed by atoms with van der Waals surface area (Å²) in [7, 11) is 0. The number of nitrogens with one attached hydrogen (secondary N) is 1. The van der Waals surface area contributed by atoms with Gasteiger partial charge in [0.15, 0.2) is 0 Å². The minimum Gasteiger partial charge on any atom is -0.380 e. The highest BCUT2D eigenvalue weighted by Gasteiger charge is 2.33. The van der Waals surface area contributed by atoms with Crippen LogP contribution in [0.15, 0.2) is 18.2 Å². The van der Waals surface area contributed by atoms with E-state index in [2.05, 4.69) is 37.4 Å². The highest BCUT2D eigenvalue weighted by molar-refractivity contribution is 5.36. The molecule has 1 aromatic carbocycles. The topological polar surface area (TPSA) is 21.3 Å². The summed E-state index contributed by atoms with van der Waals surface area (Å²) in [6, 6.07) is 7.46. The zero-order valence-corrected chi connectivity index (χ0v) is 11.5. The lowest BCUT2D eigenvalue weighted by Crippen LogP contribution is -2.47. The molecule has 1 aliphatic carbocycles. The first kappa shape index (κ1) is 12.2. The van der Waals surface area contributed by atoms with Crippen LogP contribution in [0.25, 0.3) is 0 Å². The fourth-order valence-corrected chi connectivity index (χ4v) is 2.93. The SMILES string of the molecule is CC(NCC1(C)COC1)c1ccc2c(c1)CCC2. The molecule has 1 atom stereocenters. The Kier molecular flexibility index (Phi) is 3.16. The van der Waals surface area contributed by atoms with Gasteiger partial charge < -0.3 is 10.1 Å². The molecule has 1 fully saturated rings. The molecule has 3 rings (SSSR count). The van der Waals surface area contributed by atoms with Gasteiger partial charge in [-0.25, -0.2) is 0 Å². The number of ether oxygens (including phenoxy) is 1. The monoisotopic (exact) mass is 245 g/mol. The molecular formula is C16H23NO. The first-order chi connectivity index (χ1) is 8.66. The van der Waals surface area contributed by atoms with Gasteiger partial charge in [0.2, 0.25) is 0 Å². The predicted octanol–water partition coefficient (Wildman–Crippen LogP) is 2.86. The third-order valence-electron chi connectivity index (χ3n) is 4.36. The largest absolute Gasteiger partial charge is 0.380 e. The molecule has 2 nitrogen and oxygen atoms in total. The van der Waals surface area contributed by atoms with Gasteiger partial charge >= 0.3 is 0 Å². The zero-order valence-electron chi connectivity index (χ0n) is 11.5. The van der Waals surface area contributed by atoms with Crippen LogP contribution in [0.3, 0.4) is 0 Å². The first-order valence-electron chi connectivity index (χ1n) is 7.09. The van der Waals surface area contributed by atoms with Gasteiger partial charge in [-0.3, -0.25) is 0 Å². The van der Waals surface area contributed by atoms with E-state index in [1.54, 1.807) is 11.1 Å². The van der Waals surface area contributed by atoms with Crippen molar-refractivity contribution < 1.29 is 4.74 Å². The van der Waals surface area contributed by atoms with Gasteiger partial charge in [-0.15, -0.1) is 0 Å². The summed E-state index contributed by atoms with van der Waals surface area (Å²) < 4.78 is 5.30. The van der Waals surface area contributed by atoms with Gasteiger partial charge in [-0.2, -0.15) is 0 Å². The molecule has 1 aliphatic heterocycles. The van der Waals surface area contributed by atoms with E-state index in [0.29, 0.717) is 11.5 Å². The average Bonchev–Trinajstić information content (AvgIpc) is 2.80. The summed E-state index contributed by atoms with van der Waals surface area (Å²) in [5, 5.41) is 3.65. The number of rotatable bonds is 4. The van der Waals surface area contributed by atoms with Crippen molar-refractivity contribution in [1.29, 1.82) is 0 Å². The molecule has 0 bridgehead atoms. The van der Waals surface area contributed by atoms with Crippen molar-refractivity contribution in [1.82, 2.24) is 5.32 Å². The molecule has 2 heteroatoms. The van der Waals surface area contributed by atoms with Crippen molar-refractivity contribution in [2.24, 2.45) is 5.41 Å². The molecule has 1 aromatic rings. The maximum atomic E-state index is 5.30. The standard InChI is InChI=1S/C16H23NO/c1-12(17-9-16(2)10-18-11-16)14-7-6-13-4-3-5-15(13)8-14/h6-8,12,17H,3-5,9-11H2,1-2H3. The van der Waals surface area contributed by atoms with E-state index in [9.17, 15) is 0 Å². The second-order valence-electron chi connectivity index (χ2n) is 6.29. The second kappa shape index (κ2) is 4.67. The Bertz CT molecular complexity index is 437. The van der Waals surface area contributed by atoms with Crippen LogP contribution in [0.5, 0.6) is 0 Å². The van der Waals surface area contributed by atoms with Crippen molar-refractivity contribution >= 4 is 0 Å². The summed E-state index contributed by atoms with van der Waals surface area (Å²) in [5.41, 5.74) is 4.91. The molecule has 1 N–H and O–H groups in total. The Morgan fingerprint density at radius 2 is 2.06 bits per heavy atom. The van der Waals surface area contributed by atoms with Gasteiger partial charge in [0.05, 0.1) is 13.2 Å². The fourth-order valence-electron chi connectivity index (χ4n) is 2.93. The second-order valence-corrected chi connectivity index (χ2v) is 6.29. The van der Waals surface area contributed by atoms with Crippen LogP contribution in [-0.4, -0.2) is 19.8 Å². The van der Waals surface area contributed by atoms with E-state index >= 15 is 0 Å². The van der Waals surface area contributed by atoms with Gasteiger partial charge in [0, 0.05) is 18.0 Å². The van der Waals surface area contributed by atoms with Crippen LogP contribution in [0.2, 0.25) is 0 Å². The summed E-state index contributed by atoms with van der Waals surface area (Å²) in [4.78, 5) is 0. The minimum atomic E-state index is 0.352. The van der Waals surface area contributed by atoms with Gasteiger partial charge in [-0.1, -0.05) is 25.1 Å². The molecule has 18 heavy (non-hydrogen) atoms. The first-order valence-corrected chi connectivity index (χ1v) is 7.09. The van der Waals surface area contributed by atoms with E-state index in [4.69, 9.17) is 4.74 Å². The molecular weight excluding hydrogens is 222 g/mol. The molecule has 0 aromatic heterocycles. The predicted molar refractivity (Wildman–Crippen MR) is 73.8 cm³/mol. The van der Waals surface area contributed by atoms with E-state index in [1.807, 2.05) is 0 Å². The van der Waals surface area contributed by atoms with E-state index < -0.39 is 0 Å². The Balaban J connectivity index is 1.63. The summed E-state index contributed by atoms with van der Waals surface area (Å²) in [6.45, 7) is 7.40. The van der Waals surface area contributed by atoms with Crippen molar-refractivity contribution in [3.05, 3.63) is 34.9 Å². The fraction of sp³-hybridized carbons (Fsp3) is 0.625. The highest BCUT2D eigenvalue weighted by atomic mass is 16.5. The number of aryl methyl sites for hydroxylation is 2. The van der Waals surface area contributed by atoms with Crippen LogP contribution in [0.1, 0.15) is 43.0 Å². The summed E-state index contributed by atoms with van der Waals surface area (Å²) in [5.74, 6) is 0. The maximum absolute atomic E-state index is 5.30. The Morgan fingerprint density at radius 1 is 1.28 bits per heavy atom. The maximum Gasteiger partial charge on any atom is 0.0554 e. The van der Waals surface area contributed by atoms with Crippen LogP contribution >= 0.6 is 0 Å².